The van der Waals surface area contributed by atoms with Crippen LogP contribution in [0, 0.1) is 0 Å². The Kier molecular flexibility index (Phi) is 8.52. The van der Waals surface area contributed by atoms with Crippen LogP contribution in [0.2, 0.25) is 0 Å². The lowest BCUT2D eigenvalue weighted by molar-refractivity contribution is -0.224. The summed E-state index contributed by atoms with van der Waals surface area (Å²) in [6, 6.07) is 8.85. The van der Waals surface area contributed by atoms with Crippen molar-refractivity contribution in [1.29, 1.82) is 0 Å². The highest BCUT2D eigenvalue weighted by molar-refractivity contribution is 7.44. The van der Waals surface area contributed by atoms with Gasteiger partial charge in [0, 0.05) is 12.1 Å². The first-order valence-corrected chi connectivity index (χ1v) is 14.3. The zero-order chi connectivity index (χ0) is 27.4. The Bertz CT molecular complexity index is 1320. The van der Waals surface area contributed by atoms with Gasteiger partial charge in [-0.3, -0.25) is 14.4 Å². The molecule has 14 nitrogen and oxygen atoms in total. The highest BCUT2D eigenvalue weighted by Gasteiger charge is 2.54. The fourth-order valence-corrected chi connectivity index (χ4v) is 5.00. The third-order valence-corrected chi connectivity index (χ3v) is 6.98. The van der Waals surface area contributed by atoms with Gasteiger partial charge in [-0.2, -0.15) is 0 Å². The van der Waals surface area contributed by atoms with Crippen molar-refractivity contribution in [3.8, 4) is 0 Å². The Balaban J connectivity index is 1.35. The lowest BCUT2D eigenvalue weighted by Crippen LogP contribution is -2.32. The highest BCUT2D eigenvalue weighted by atomic mass is 31.2. The number of hydrogen-bond donors (Lipinski definition) is 3. The number of nitrogens with zero attached hydrogens (tertiary/aromatic N) is 4. The third-order valence-electron chi connectivity index (χ3n) is 6.50. The number of fused-ring (bicyclic) bond motifs is 2. The van der Waals surface area contributed by atoms with Crippen molar-refractivity contribution >= 4 is 30.8 Å². The van der Waals surface area contributed by atoms with Gasteiger partial charge in [-0.25, -0.2) is 19.7 Å². The number of aromatic nitrogens is 4. The summed E-state index contributed by atoms with van der Waals surface area (Å²) in [5.74, 6) is 0.220. The first kappa shape index (κ1) is 27.6. The average molecular weight is 562 g/mol. The van der Waals surface area contributed by atoms with Crippen molar-refractivity contribution in [1.82, 2.24) is 24.8 Å². The molecular formula is C24H30N6O8P-. The summed E-state index contributed by atoms with van der Waals surface area (Å²) in [4.78, 5) is 45.7. The van der Waals surface area contributed by atoms with Crippen molar-refractivity contribution < 1.29 is 37.9 Å². The molecule has 0 aliphatic carbocycles. The van der Waals surface area contributed by atoms with Crippen molar-refractivity contribution in [2.24, 2.45) is 0 Å². The van der Waals surface area contributed by atoms with Crippen molar-refractivity contribution in [3.05, 3.63) is 48.5 Å². The van der Waals surface area contributed by atoms with Gasteiger partial charge in [-0.05, 0) is 6.42 Å². The molecule has 2 saturated heterocycles. The zero-order valence-electron chi connectivity index (χ0n) is 21.2. The lowest BCUT2D eigenvalue weighted by atomic mass is 10.1. The lowest BCUT2D eigenvalue weighted by Gasteiger charge is -2.23. The van der Waals surface area contributed by atoms with Gasteiger partial charge in [-0.1, -0.05) is 56.5 Å². The first-order chi connectivity index (χ1) is 18.8. The first-order valence-electron chi connectivity index (χ1n) is 12.8. The van der Waals surface area contributed by atoms with Crippen LogP contribution in [-0.4, -0.2) is 61.9 Å². The van der Waals surface area contributed by atoms with Gasteiger partial charge in [0.25, 0.3) is 7.82 Å². The fourth-order valence-electron chi connectivity index (χ4n) is 4.66. The van der Waals surface area contributed by atoms with Crippen LogP contribution < -0.4 is 15.5 Å². The number of hydrogen-bond acceptors (Lipinski definition) is 10. The summed E-state index contributed by atoms with van der Waals surface area (Å²) >= 11 is 0. The smallest absolute Gasteiger partial charge is 0.320 e. The quantitative estimate of drug-likeness (QED) is 0.231. The number of phosphoric ester groups is 1. The van der Waals surface area contributed by atoms with E-state index in [2.05, 4.69) is 37.0 Å². The van der Waals surface area contributed by atoms with Gasteiger partial charge < -0.3 is 33.8 Å². The second kappa shape index (κ2) is 12.0. The molecule has 4 heterocycles. The number of phosphoric acid groups is 1. The van der Waals surface area contributed by atoms with Crippen LogP contribution in [0.25, 0.3) is 11.2 Å². The summed E-state index contributed by atoms with van der Waals surface area (Å²) in [7, 11) is -4.99. The molecule has 3 unspecified atom stereocenters. The third kappa shape index (κ3) is 6.44. The number of benzene rings is 1. The minimum absolute atomic E-state index is 0.220. The van der Waals surface area contributed by atoms with Crippen LogP contribution >= 0.6 is 7.82 Å². The normalized spacial score (nSPS) is 25.9. The maximum Gasteiger partial charge on any atom is 0.320 e. The number of amides is 2. The summed E-state index contributed by atoms with van der Waals surface area (Å²) < 4.78 is 35.9. The molecule has 2 amide bonds. The van der Waals surface area contributed by atoms with E-state index in [1.165, 1.54) is 12.7 Å². The van der Waals surface area contributed by atoms with Gasteiger partial charge in [0.05, 0.1) is 12.9 Å². The largest absolute Gasteiger partial charge is 0.756 e. The number of unbranched alkanes of at least 4 members (excludes halogenated alkanes) is 3. The molecule has 2 aromatic heterocycles. The predicted octanol–water partition coefficient (Wildman–Crippen LogP) is 2.39. The van der Waals surface area contributed by atoms with E-state index in [-0.39, 0.29) is 5.82 Å². The van der Waals surface area contributed by atoms with Crippen LogP contribution in [0.5, 0.6) is 0 Å². The van der Waals surface area contributed by atoms with Crippen molar-refractivity contribution in [3.63, 3.8) is 0 Å². The maximum atomic E-state index is 12.4. The molecule has 1 aromatic carbocycles. The number of rotatable bonds is 11. The maximum absolute atomic E-state index is 12.4. The monoisotopic (exact) mass is 561 g/mol. The van der Waals surface area contributed by atoms with Gasteiger partial charge in [0.1, 0.15) is 24.6 Å². The molecule has 6 atom stereocenters. The number of anilines is 1. The molecular weight excluding hydrogens is 531 g/mol. The minimum Gasteiger partial charge on any atom is -0.756 e. The van der Waals surface area contributed by atoms with E-state index in [0.717, 1.165) is 31.2 Å². The highest BCUT2D eigenvalue weighted by Crippen LogP contribution is 2.46. The zero-order valence-corrected chi connectivity index (χ0v) is 22.1. The van der Waals surface area contributed by atoms with E-state index in [1.807, 2.05) is 30.3 Å². The fraction of sp³-hybridized carbons (Fsp3) is 0.500. The molecule has 2 fully saturated rings. The van der Waals surface area contributed by atoms with E-state index in [9.17, 15) is 14.3 Å². The Morgan fingerprint density at radius 1 is 1.13 bits per heavy atom. The van der Waals surface area contributed by atoms with Crippen LogP contribution in [0.1, 0.15) is 50.7 Å². The molecule has 0 spiro atoms. The molecule has 0 saturated carbocycles. The molecule has 2 aliphatic heterocycles. The van der Waals surface area contributed by atoms with E-state index < -0.39 is 51.3 Å². The Labute approximate surface area is 224 Å². The Morgan fingerprint density at radius 3 is 2.69 bits per heavy atom. The average Bonchev–Trinajstić information content (AvgIpc) is 3.62. The second-order valence-electron chi connectivity index (χ2n) is 9.26. The van der Waals surface area contributed by atoms with Gasteiger partial charge in [0.15, 0.2) is 29.5 Å². The number of urea groups is 1. The molecule has 5 rings (SSSR count). The molecule has 3 N–H and O–H groups in total. The Morgan fingerprint density at radius 2 is 1.92 bits per heavy atom. The second-order valence-corrected chi connectivity index (χ2v) is 10.5. The molecule has 210 valence electrons. The van der Waals surface area contributed by atoms with Crippen molar-refractivity contribution in [2.75, 3.05) is 18.5 Å². The summed E-state index contributed by atoms with van der Waals surface area (Å²) in [5, 5.41) is 5.52. The molecule has 0 radical (unpaired) electrons. The minimum atomic E-state index is -4.99. The molecule has 2 aliphatic rings. The molecule has 0 bridgehead atoms. The SMILES string of the molecule is CCCCCCNC(=O)Nc1ncnc2c1ncn2[C@@H]1O[C@H](COP(=O)([O-])O)[C@@H]2OC(c3ccccc3)OC21. The molecule has 3 aromatic rings. The number of carbonyl (C=O) groups is 1. The van der Waals surface area contributed by atoms with Gasteiger partial charge in [0.2, 0.25) is 0 Å². The van der Waals surface area contributed by atoms with Crippen LogP contribution in [0.4, 0.5) is 10.6 Å². The predicted molar refractivity (Wildman–Crippen MR) is 135 cm³/mol. The van der Waals surface area contributed by atoms with Gasteiger partial charge in [-0.15, -0.1) is 0 Å². The van der Waals surface area contributed by atoms with E-state index in [4.69, 9.17) is 19.1 Å². The van der Waals surface area contributed by atoms with E-state index >= 15 is 0 Å². The number of ether oxygens (including phenoxy) is 3. The van der Waals surface area contributed by atoms with Gasteiger partial charge >= 0.3 is 6.03 Å². The van der Waals surface area contributed by atoms with Crippen molar-refractivity contribution in [2.45, 2.75) is 63.4 Å². The summed E-state index contributed by atoms with van der Waals surface area (Å²) in [5.41, 5.74) is 1.46. The Hall–Kier alpha value is -2.97. The number of carbonyl (C=O) groups excluding carboxylic acids is 1. The number of imidazole rings is 1. The summed E-state index contributed by atoms with van der Waals surface area (Å²) in [6.07, 6.45) is 3.05. The number of nitrogens with one attached hydrogen (secondary N) is 2. The van der Waals surface area contributed by atoms with Crippen LogP contribution in [0.3, 0.4) is 0 Å². The molecule has 39 heavy (non-hydrogen) atoms. The van der Waals surface area contributed by atoms with E-state index in [1.54, 1.807) is 4.57 Å². The summed E-state index contributed by atoms with van der Waals surface area (Å²) in [6.45, 7) is 2.19. The van der Waals surface area contributed by atoms with Crippen LogP contribution in [-0.2, 0) is 23.3 Å². The topological polar surface area (TPSA) is 182 Å². The standard InChI is InChI=1S/C24H31N6O8P/c1-2-3-4-8-11-25-24(31)29-20-17-21(27-13-26-20)30(14-28-17)22-19-18(16(36-22)12-35-39(32,33)34)37-23(38-19)15-9-6-5-7-10-15/h5-7,9-10,13-14,16,18-19,22-23H,2-4,8,11-12H2,1H3,(H2,32,33,34)(H2,25,26,27,29,31)/p-1/t16-,18+,19?,22-,23?/m1/s1. The molecule has 15 heteroatoms. The van der Waals surface area contributed by atoms with E-state index in [0.29, 0.717) is 17.7 Å². The van der Waals surface area contributed by atoms with Crippen LogP contribution in [0.15, 0.2) is 43.0 Å².